The quantitative estimate of drug-likeness (QED) is 0.170. The predicted molar refractivity (Wildman–Crippen MR) is 133 cm³/mol. The highest BCUT2D eigenvalue weighted by atomic mass is 35.5. The largest absolute Gasteiger partial charge is 0.490 e. The number of ether oxygens (including phenoxy) is 2. The van der Waals surface area contributed by atoms with Crippen molar-refractivity contribution < 1.29 is 33.3 Å². The van der Waals surface area contributed by atoms with E-state index in [0.717, 1.165) is 30.3 Å². The smallest absolute Gasteiger partial charge is 0.329 e. The topological polar surface area (TPSA) is 175 Å². The summed E-state index contributed by atoms with van der Waals surface area (Å²) in [7, 11) is 0. The Bertz CT molecular complexity index is 1450. The van der Waals surface area contributed by atoms with Gasteiger partial charge in [-0.15, -0.1) is 0 Å². The molecule has 0 saturated heterocycles. The van der Waals surface area contributed by atoms with Crippen molar-refractivity contribution in [3.63, 3.8) is 0 Å². The van der Waals surface area contributed by atoms with Crippen molar-refractivity contribution in [2.45, 2.75) is 6.92 Å². The number of hydrogen-bond donors (Lipinski definition) is 2. The second-order valence-electron chi connectivity index (χ2n) is 7.19. The summed E-state index contributed by atoms with van der Waals surface area (Å²) in [5.74, 6) is -2.90. The number of halogens is 2. The monoisotopic (exact) mass is 545 g/mol. The van der Waals surface area contributed by atoms with Gasteiger partial charge >= 0.3 is 17.5 Å². The van der Waals surface area contributed by atoms with E-state index in [-0.39, 0.29) is 34.6 Å². The number of carbonyl (C=O) groups excluding carboxylic acids is 2. The lowest BCUT2D eigenvalue weighted by atomic mass is 10.2. The van der Waals surface area contributed by atoms with Crippen molar-refractivity contribution in [3.8, 4) is 17.2 Å². The van der Waals surface area contributed by atoms with Gasteiger partial charge in [0.05, 0.1) is 33.8 Å². The molecule has 3 aromatic carbocycles. The van der Waals surface area contributed by atoms with Gasteiger partial charge in [-0.25, -0.2) is 9.82 Å². The van der Waals surface area contributed by atoms with Crippen molar-refractivity contribution in [1.29, 1.82) is 0 Å². The SMILES string of the molecule is CCOc1cc(/C=N/NC(=O)C(=O)Nc2ccc(F)c(Cl)c2)ccc1Oc1ccc([N+](=O)[O-])cc1[N+](=O)[O-]. The van der Waals surface area contributed by atoms with Gasteiger partial charge in [-0.3, -0.25) is 29.8 Å². The third-order valence-electron chi connectivity index (χ3n) is 4.60. The molecular weight excluding hydrogens is 529 g/mol. The Hall–Kier alpha value is -5.11. The van der Waals surface area contributed by atoms with Gasteiger partial charge in [-0.1, -0.05) is 11.6 Å². The number of benzene rings is 3. The van der Waals surface area contributed by atoms with Crippen LogP contribution in [-0.2, 0) is 9.59 Å². The van der Waals surface area contributed by atoms with Crippen molar-refractivity contribution in [2.24, 2.45) is 5.10 Å². The second-order valence-corrected chi connectivity index (χ2v) is 7.60. The molecule has 0 saturated carbocycles. The van der Waals surface area contributed by atoms with Crippen LogP contribution in [0, 0.1) is 26.0 Å². The first kappa shape index (κ1) is 27.5. The van der Waals surface area contributed by atoms with Gasteiger partial charge in [0.15, 0.2) is 11.5 Å². The van der Waals surface area contributed by atoms with Crippen LogP contribution < -0.4 is 20.2 Å². The molecule has 0 aliphatic heterocycles. The molecule has 0 bridgehead atoms. The molecule has 3 rings (SSSR count). The molecule has 38 heavy (non-hydrogen) atoms. The molecule has 196 valence electrons. The maximum absolute atomic E-state index is 13.2. The Morgan fingerprint density at radius 1 is 1.00 bits per heavy atom. The van der Waals surface area contributed by atoms with Crippen LogP contribution >= 0.6 is 11.6 Å². The lowest BCUT2D eigenvalue weighted by molar-refractivity contribution is -0.394. The lowest BCUT2D eigenvalue weighted by Gasteiger charge is -2.12. The standard InChI is InChI=1S/C23H17ClFN5O8/c1-2-37-21-9-13(12-26-28-23(32)22(31)27-14-4-6-17(25)16(24)10-14)3-7-20(21)38-19-8-5-15(29(33)34)11-18(19)30(35)36/h3-12H,2H2,1H3,(H,27,31)(H,28,32)/b26-12+. The average Bonchev–Trinajstić information content (AvgIpc) is 2.87. The molecule has 2 amide bonds. The molecule has 0 fully saturated rings. The fraction of sp³-hybridized carbons (Fsp3) is 0.0870. The first-order valence-electron chi connectivity index (χ1n) is 10.6. The Kier molecular flexibility index (Phi) is 8.84. The average molecular weight is 546 g/mol. The Labute approximate surface area is 218 Å². The minimum Gasteiger partial charge on any atom is -0.490 e. The van der Waals surface area contributed by atoms with Crippen LogP contribution in [0.3, 0.4) is 0 Å². The fourth-order valence-corrected chi connectivity index (χ4v) is 3.08. The van der Waals surface area contributed by atoms with Gasteiger partial charge < -0.3 is 14.8 Å². The summed E-state index contributed by atoms with van der Waals surface area (Å²) in [5, 5.41) is 28.0. The summed E-state index contributed by atoms with van der Waals surface area (Å²) < 4.78 is 24.3. The summed E-state index contributed by atoms with van der Waals surface area (Å²) in [4.78, 5) is 44.7. The number of anilines is 1. The molecule has 0 aromatic heterocycles. The second kappa shape index (κ2) is 12.2. The number of rotatable bonds is 9. The van der Waals surface area contributed by atoms with E-state index in [1.165, 1.54) is 30.5 Å². The summed E-state index contributed by atoms with van der Waals surface area (Å²) in [6, 6.07) is 10.7. The molecular formula is C23H17ClFN5O8. The lowest BCUT2D eigenvalue weighted by Crippen LogP contribution is -2.32. The summed E-state index contributed by atoms with van der Waals surface area (Å²) >= 11 is 5.64. The number of nitro benzene ring substituents is 2. The van der Waals surface area contributed by atoms with Crippen molar-refractivity contribution in [1.82, 2.24) is 5.43 Å². The molecule has 0 heterocycles. The van der Waals surface area contributed by atoms with Gasteiger partial charge in [-0.05, 0) is 55.0 Å². The summed E-state index contributed by atoms with van der Waals surface area (Å²) in [6.45, 7) is 1.88. The number of hydrogen-bond acceptors (Lipinski definition) is 9. The molecule has 0 radical (unpaired) electrons. The van der Waals surface area contributed by atoms with Gasteiger partial charge in [0.2, 0.25) is 5.75 Å². The van der Waals surface area contributed by atoms with Crippen LogP contribution in [0.1, 0.15) is 12.5 Å². The number of hydrazone groups is 1. The van der Waals surface area contributed by atoms with E-state index in [4.69, 9.17) is 21.1 Å². The molecule has 0 atom stereocenters. The van der Waals surface area contributed by atoms with Gasteiger partial charge in [0.25, 0.3) is 5.69 Å². The number of nitrogens with one attached hydrogen (secondary N) is 2. The zero-order valence-corrected chi connectivity index (χ0v) is 20.1. The highest BCUT2D eigenvalue weighted by Gasteiger charge is 2.22. The first-order chi connectivity index (χ1) is 18.1. The number of amides is 2. The zero-order chi connectivity index (χ0) is 27.8. The number of non-ortho nitro benzene ring substituents is 1. The third-order valence-corrected chi connectivity index (χ3v) is 4.89. The predicted octanol–water partition coefficient (Wildman–Crippen LogP) is 4.58. The summed E-state index contributed by atoms with van der Waals surface area (Å²) in [6.07, 6.45) is 1.20. The van der Waals surface area contributed by atoms with Crippen LogP contribution in [0.5, 0.6) is 17.2 Å². The highest BCUT2D eigenvalue weighted by molar-refractivity contribution is 6.39. The van der Waals surface area contributed by atoms with E-state index < -0.39 is 38.9 Å². The van der Waals surface area contributed by atoms with Crippen LogP contribution in [0.2, 0.25) is 5.02 Å². The number of nitro groups is 2. The minimum absolute atomic E-state index is 0.0716. The summed E-state index contributed by atoms with van der Waals surface area (Å²) in [5.41, 5.74) is 1.43. The Morgan fingerprint density at radius 3 is 2.39 bits per heavy atom. The molecule has 0 aliphatic carbocycles. The van der Waals surface area contributed by atoms with Crippen molar-refractivity contribution >= 4 is 46.7 Å². The van der Waals surface area contributed by atoms with Gasteiger partial charge in [-0.2, -0.15) is 5.10 Å². The number of carbonyl (C=O) groups is 2. The molecule has 2 N–H and O–H groups in total. The van der Waals surface area contributed by atoms with E-state index in [1.54, 1.807) is 6.92 Å². The maximum Gasteiger partial charge on any atom is 0.329 e. The zero-order valence-electron chi connectivity index (χ0n) is 19.3. The molecule has 13 nitrogen and oxygen atoms in total. The Morgan fingerprint density at radius 2 is 1.74 bits per heavy atom. The van der Waals surface area contributed by atoms with Crippen LogP contribution in [-0.4, -0.2) is 34.5 Å². The van der Waals surface area contributed by atoms with E-state index in [0.29, 0.717) is 5.56 Å². The molecule has 0 unspecified atom stereocenters. The molecule has 3 aromatic rings. The van der Waals surface area contributed by atoms with Gasteiger partial charge in [0.1, 0.15) is 5.82 Å². The first-order valence-corrected chi connectivity index (χ1v) is 10.9. The van der Waals surface area contributed by atoms with Crippen LogP contribution in [0.15, 0.2) is 59.7 Å². The van der Waals surface area contributed by atoms with Gasteiger partial charge in [0, 0.05) is 11.8 Å². The normalized spacial score (nSPS) is 10.6. The van der Waals surface area contributed by atoms with E-state index in [1.807, 2.05) is 5.43 Å². The molecule has 15 heteroatoms. The fourth-order valence-electron chi connectivity index (χ4n) is 2.90. The number of nitrogens with zero attached hydrogens (tertiary/aromatic N) is 3. The van der Waals surface area contributed by atoms with E-state index >= 15 is 0 Å². The Balaban J connectivity index is 1.72. The third kappa shape index (κ3) is 6.98. The van der Waals surface area contributed by atoms with Crippen LogP contribution in [0.4, 0.5) is 21.5 Å². The maximum atomic E-state index is 13.2. The van der Waals surface area contributed by atoms with Crippen molar-refractivity contribution in [3.05, 3.63) is 91.2 Å². The minimum atomic E-state index is -1.11. The van der Waals surface area contributed by atoms with Crippen LogP contribution in [0.25, 0.3) is 0 Å². The van der Waals surface area contributed by atoms with E-state index in [9.17, 15) is 34.2 Å². The molecule has 0 spiro atoms. The highest BCUT2D eigenvalue weighted by Crippen LogP contribution is 2.38. The van der Waals surface area contributed by atoms with E-state index in [2.05, 4.69) is 10.4 Å². The van der Waals surface area contributed by atoms with Crippen molar-refractivity contribution in [2.75, 3.05) is 11.9 Å². The molecule has 0 aliphatic rings.